The Hall–Kier alpha value is -2.09. The van der Waals surface area contributed by atoms with Crippen LogP contribution in [0.1, 0.15) is 18.1 Å². The van der Waals surface area contributed by atoms with Crippen LogP contribution < -0.4 is 10.6 Å². The number of urea groups is 1. The van der Waals surface area contributed by atoms with Gasteiger partial charge in [0.2, 0.25) is 5.91 Å². The van der Waals surface area contributed by atoms with Crippen molar-refractivity contribution in [2.45, 2.75) is 19.4 Å². The topological polar surface area (TPSA) is 78.5 Å². The molecule has 0 spiro atoms. The van der Waals surface area contributed by atoms with E-state index in [1.807, 2.05) is 13.0 Å². The maximum atomic E-state index is 12.9. The molecule has 1 atom stereocenters. The van der Waals surface area contributed by atoms with E-state index in [1.165, 1.54) is 6.07 Å². The van der Waals surface area contributed by atoms with Crippen molar-refractivity contribution in [3.8, 4) is 0 Å². The molecule has 2 aromatic carbocycles. The highest BCUT2D eigenvalue weighted by atomic mass is 79.9. The van der Waals surface area contributed by atoms with E-state index in [9.17, 15) is 14.4 Å². The number of carbonyl (C=O) groups is 3. The van der Waals surface area contributed by atoms with Crippen molar-refractivity contribution >= 4 is 62.7 Å². The van der Waals surface area contributed by atoms with Gasteiger partial charge in [-0.2, -0.15) is 0 Å². The van der Waals surface area contributed by atoms with Crippen LogP contribution in [0.15, 0.2) is 40.9 Å². The SMILES string of the molecule is Cc1cc(Br)ccc1NC(=O)CN1C(=O)NC(C)(c2ccc(Cl)cc2Cl)C1=O. The molecule has 1 unspecified atom stereocenters. The molecule has 146 valence electrons. The summed E-state index contributed by atoms with van der Waals surface area (Å²) in [5.74, 6) is -1.05. The summed E-state index contributed by atoms with van der Waals surface area (Å²) in [5.41, 5.74) is 0.470. The lowest BCUT2D eigenvalue weighted by molar-refractivity contribution is -0.133. The van der Waals surface area contributed by atoms with Gasteiger partial charge < -0.3 is 10.6 Å². The van der Waals surface area contributed by atoms with Crippen molar-refractivity contribution in [3.63, 3.8) is 0 Å². The maximum absolute atomic E-state index is 12.9. The van der Waals surface area contributed by atoms with E-state index in [2.05, 4.69) is 26.6 Å². The van der Waals surface area contributed by atoms with Crippen LogP contribution in [-0.4, -0.2) is 29.3 Å². The Morgan fingerprint density at radius 2 is 1.93 bits per heavy atom. The van der Waals surface area contributed by atoms with Gasteiger partial charge in [-0.15, -0.1) is 0 Å². The van der Waals surface area contributed by atoms with Crippen LogP contribution in [0.4, 0.5) is 10.5 Å². The average molecular weight is 485 g/mol. The minimum Gasteiger partial charge on any atom is -0.324 e. The first kappa shape index (κ1) is 20.6. The Kier molecular flexibility index (Phi) is 5.70. The lowest BCUT2D eigenvalue weighted by atomic mass is 9.92. The summed E-state index contributed by atoms with van der Waals surface area (Å²) >= 11 is 15.5. The van der Waals surface area contributed by atoms with E-state index < -0.39 is 29.9 Å². The van der Waals surface area contributed by atoms with E-state index in [0.717, 1.165) is 14.9 Å². The van der Waals surface area contributed by atoms with Gasteiger partial charge in [-0.1, -0.05) is 45.2 Å². The van der Waals surface area contributed by atoms with Crippen LogP contribution in [0, 0.1) is 6.92 Å². The van der Waals surface area contributed by atoms with Gasteiger partial charge >= 0.3 is 6.03 Å². The number of hydrogen-bond acceptors (Lipinski definition) is 3. The quantitative estimate of drug-likeness (QED) is 0.628. The van der Waals surface area contributed by atoms with Crippen LogP contribution in [0.25, 0.3) is 0 Å². The lowest BCUT2D eigenvalue weighted by Gasteiger charge is -2.23. The molecule has 0 aromatic heterocycles. The molecular formula is C19H16BrCl2N3O3. The van der Waals surface area contributed by atoms with Gasteiger partial charge in [0.1, 0.15) is 12.1 Å². The predicted molar refractivity (Wildman–Crippen MR) is 112 cm³/mol. The van der Waals surface area contributed by atoms with Crippen LogP contribution >= 0.6 is 39.1 Å². The average Bonchev–Trinajstić information content (AvgIpc) is 2.81. The zero-order valence-electron chi connectivity index (χ0n) is 15.0. The summed E-state index contributed by atoms with van der Waals surface area (Å²) in [6.45, 7) is 2.97. The van der Waals surface area contributed by atoms with Gasteiger partial charge in [0.15, 0.2) is 0 Å². The van der Waals surface area contributed by atoms with Gasteiger partial charge in [0.05, 0.1) is 0 Å². The molecule has 1 saturated heterocycles. The largest absolute Gasteiger partial charge is 0.325 e. The van der Waals surface area contributed by atoms with Gasteiger partial charge in [-0.25, -0.2) is 4.79 Å². The van der Waals surface area contributed by atoms with Crippen LogP contribution in [0.2, 0.25) is 10.0 Å². The first-order valence-corrected chi connectivity index (χ1v) is 9.82. The van der Waals surface area contributed by atoms with Gasteiger partial charge in [-0.3, -0.25) is 14.5 Å². The molecule has 3 rings (SSSR count). The molecule has 0 radical (unpaired) electrons. The molecule has 2 N–H and O–H groups in total. The highest BCUT2D eigenvalue weighted by Gasteiger charge is 2.50. The smallest absolute Gasteiger partial charge is 0.324 e. The minimum atomic E-state index is -1.38. The summed E-state index contributed by atoms with van der Waals surface area (Å²) in [6, 6.07) is 9.37. The van der Waals surface area contributed by atoms with Crippen molar-refractivity contribution in [1.29, 1.82) is 0 Å². The Morgan fingerprint density at radius 3 is 2.57 bits per heavy atom. The van der Waals surface area contributed by atoms with Crippen molar-refractivity contribution in [1.82, 2.24) is 10.2 Å². The zero-order valence-corrected chi connectivity index (χ0v) is 18.1. The Morgan fingerprint density at radius 1 is 1.21 bits per heavy atom. The van der Waals surface area contributed by atoms with E-state index >= 15 is 0 Å². The summed E-state index contributed by atoms with van der Waals surface area (Å²) in [6.07, 6.45) is 0. The first-order chi connectivity index (χ1) is 13.1. The van der Waals surface area contributed by atoms with Crippen LogP contribution in [-0.2, 0) is 15.1 Å². The Bertz CT molecular complexity index is 998. The van der Waals surface area contributed by atoms with Crippen LogP contribution in [0.3, 0.4) is 0 Å². The lowest BCUT2D eigenvalue weighted by Crippen LogP contribution is -2.42. The molecule has 4 amide bonds. The second-order valence-corrected chi connectivity index (χ2v) is 8.34. The summed E-state index contributed by atoms with van der Waals surface area (Å²) in [7, 11) is 0. The molecule has 28 heavy (non-hydrogen) atoms. The van der Waals surface area contributed by atoms with E-state index in [-0.39, 0.29) is 5.02 Å². The van der Waals surface area contributed by atoms with Gasteiger partial charge in [0.25, 0.3) is 5.91 Å². The fraction of sp³-hybridized carbons (Fsp3) is 0.211. The molecule has 0 bridgehead atoms. The van der Waals surface area contributed by atoms with E-state index in [4.69, 9.17) is 23.2 Å². The predicted octanol–water partition coefficient (Wildman–Crippen LogP) is 4.47. The molecule has 0 saturated carbocycles. The number of nitrogens with zero attached hydrogens (tertiary/aromatic N) is 1. The summed E-state index contributed by atoms with van der Waals surface area (Å²) in [5, 5.41) is 6.00. The first-order valence-electron chi connectivity index (χ1n) is 8.27. The van der Waals surface area contributed by atoms with Crippen molar-refractivity contribution in [2.75, 3.05) is 11.9 Å². The monoisotopic (exact) mass is 483 g/mol. The molecule has 6 nitrogen and oxygen atoms in total. The normalized spacial score (nSPS) is 19.0. The number of nitrogens with one attached hydrogen (secondary N) is 2. The fourth-order valence-electron chi connectivity index (χ4n) is 3.02. The van der Waals surface area contributed by atoms with Crippen molar-refractivity contribution < 1.29 is 14.4 Å². The third-order valence-corrected chi connectivity index (χ3v) is 5.55. The number of rotatable bonds is 4. The van der Waals surface area contributed by atoms with E-state index in [0.29, 0.717) is 16.3 Å². The molecule has 1 aliphatic rings. The second-order valence-electron chi connectivity index (χ2n) is 6.58. The summed E-state index contributed by atoms with van der Waals surface area (Å²) in [4.78, 5) is 38.6. The number of carbonyl (C=O) groups excluding carboxylic acids is 3. The number of halogens is 3. The van der Waals surface area contributed by atoms with Crippen LogP contribution in [0.5, 0.6) is 0 Å². The third kappa shape index (κ3) is 3.87. The molecular weight excluding hydrogens is 469 g/mol. The summed E-state index contributed by atoms with van der Waals surface area (Å²) < 4.78 is 0.882. The molecule has 9 heteroatoms. The molecule has 1 aliphatic heterocycles. The highest BCUT2D eigenvalue weighted by Crippen LogP contribution is 2.35. The highest BCUT2D eigenvalue weighted by molar-refractivity contribution is 9.10. The standard InChI is InChI=1S/C19H16BrCl2N3O3/c1-10-7-11(20)3-6-15(10)23-16(26)9-25-17(27)19(2,24-18(25)28)13-5-4-12(21)8-14(13)22/h3-8H,9H2,1-2H3,(H,23,26)(H,24,28). The Balaban J connectivity index is 1.79. The minimum absolute atomic E-state index is 0.250. The number of anilines is 1. The van der Waals surface area contributed by atoms with Gasteiger partial charge in [-0.05, 0) is 49.7 Å². The number of aryl methyl sites for hydroxylation is 1. The van der Waals surface area contributed by atoms with Gasteiger partial charge in [0, 0.05) is 25.8 Å². The maximum Gasteiger partial charge on any atom is 0.325 e. The Labute approximate surface area is 180 Å². The van der Waals surface area contributed by atoms with Crippen molar-refractivity contribution in [3.05, 3.63) is 62.0 Å². The second kappa shape index (κ2) is 7.73. The molecule has 0 aliphatic carbocycles. The molecule has 1 fully saturated rings. The molecule has 1 heterocycles. The van der Waals surface area contributed by atoms with E-state index in [1.54, 1.807) is 31.2 Å². The number of benzene rings is 2. The number of hydrogen-bond donors (Lipinski definition) is 2. The van der Waals surface area contributed by atoms with Crippen molar-refractivity contribution in [2.24, 2.45) is 0 Å². The number of imide groups is 1. The number of amides is 4. The fourth-order valence-corrected chi connectivity index (χ4v) is 4.09. The third-order valence-electron chi connectivity index (χ3n) is 4.51. The molecule has 2 aromatic rings. The zero-order chi connectivity index (χ0) is 20.6.